The standard InChI is InChI=1S/C12H8Br2F3NO2S/c1-6-2-4-7(5-3-6)9-10(8(13)11(14)18-9)21(19,20)12(15,16)17/h2-5,18H,1H3. The lowest BCUT2D eigenvalue weighted by molar-refractivity contribution is -0.0436. The number of benzene rings is 1. The fourth-order valence-electron chi connectivity index (χ4n) is 1.72. The van der Waals surface area contributed by atoms with E-state index >= 15 is 0 Å². The molecule has 1 aromatic heterocycles. The second-order valence-electron chi connectivity index (χ2n) is 4.27. The number of rotatable bonds is 2. The Morgan fingerprint density at radius 3 is 2.10 bits per heavy atom. The average molecular weight is 447 g/mol. The predicted octanol–water partition coefficient (Wildman–Crippen LogP) is 4.81. The van der Waals surface area contributed by atoms with E-state index in [4.69, 9.17) is 0 Å². The predicted molar refractivity (Wildman–Crippen MR) is 79.6 cm³/mol. The van der Waals surface area contributed by atoms with Crippen LogP contribution in [0.5, 0.6) is 0 Å². The third-order valence-electron chi connectivity index (χ3n) is 2.77. The molecule has 2 rings (SSSR count). The van der Waals surface area contributed by atoms with Gasteiger partial charge in [0.1, 0.15) is 4.90 Å². The third-order valence-corrected chi connectivity index (χ3v) is 6.50. The lowest BCUT2D eigenvalue weighted by Crippen LogP contribution is -2.23. The Kier molecular flexibility index (Phi) is 4.29. The Labute approximate surface area is 135 Å². The summed E-state index contributed by atoms with van der Waals surface area (Å²) in [6, 6.07) is 6.47. The van der Waals surface area contributed by atoms with Gasteiger partial charge >= 0.3 is 5.51 Å². The zero-order valence-electron chi connectivity index (χ0n) is 10.4. The van der Waals surface area contributed by atoms with E-state index in [0.717, 1.165) is 5.56 Å². The molecule has 9 heteroatoms. The van der Waals surface area contributed by atoms with Crippen LogP contribution in [0, 0.1) is 6.92 Å². The van der Waals surface area contributed by atoms with Crippen LogP contribution in [0.4, 0.5) is 13.2 Å². The van der Waals surface area contributed by atoms with Gasteiger partial charge in [-0.05, 0) is 44.3 Å². The van der Waals surface area contributed by atoms with Crippen LogP contribution in [0.15, 0.2) is 38.2 Å². The maximum Gasteiger partial charge on any atom is 0.502 e. The van der Waals surface area contributed by atoms with E-state index in [9.17, 15) is 21.6 Å². The number of aryl methyl sites for hydroxylation is 1. The molecule has 0 saturated carbocycles. The normalized spacial score (nSPS) is 12.7. The zero-order chi connectivity index (χ0) is 16.0. The van der Waals surface area contributed by atoms with Gasteiger partial charge in [0.2, 0.25) is 0 Å². The minimum atomic E-state index is -5.48. The Morgan fingerprint density at radius 2 is 1.62 bits per heavy atom. The lowest BCUT2D eigenvalue weighted by atomic mass is 10.1. The molecule has 0 atom stereocenters. The van der Waals surface area contributed by atoms with Gasteiger partial charge in [0.25, 0.3) is 9.84 Å². The van der Waals surface area contributed by atoms with Crippen LogP contribution in [0.25, 0.3) is 11.3 Å². The van der Waals surface area contributed by atoms with Crippen molar-refractivity contribution < 1.29 is 21.6 Å². The molecule has 1 N–H and O–H groups in total. The molecule has 1 heterocycles. The molecule has 0 aliphatic heterocycles. The van der Waals surface area contributed by atoms with Crippen LogP contribution in [-0.4, -0.2) is 18.9 Å². The fraction of sp³-hybridized carbons (Fsp3) is 0.167. The highest BCUT2D eigenvalue weighted by atomic mass is 79.9. The van der Waals surface area contributed by atoms with E-state index in [-0.39, 0.29) is 14.8 Å². The first-order valence-electron chi connectivity index (χ1n) is 5.51. The molecule has 0 aliphatic rings. The van der Waals surface area contributed by atoms with Gasteiger partial charge in [-0.3, -0.25) is 0 Å². The van der Waals surface area contributed by atoms with Crippen molar-refractivity contribution >= 4 is 41.7 Å². The van der Waals surface area contributed by atoms with Crippen molar-refractivity contribution in [3.05, 3.63) is 38.9 Å². The van der Waals surface area contributed by atoms with Gasteiger partial charge in [0, 0.05) is 0 Å². The molecule has 0 spiro atoms. The Hall–Kier alpha value is -0.800. The molecular weight excluding hydrogens is 439 g/mol. The molecule has 0 fully saturated rings. The molecule has 0 amide bonds. The maximum atomic E-state index is 12.8. The van der Waals surface area contributed by atoms with Crippen molar-refractivity contribution in [2.45, 2.75) is 17.3 Å². The first kappa shape index (κ1) is 16.6. The Morgan fingerprint density at radius 1 is 1.10 bits per heavy atom. The first-order valence-corrected chi connectivity index (χ1v) is 8.58. The van der Waals surface area contributed by atoms with Crippen LogP contribution in [-0.2, 0) is 9.84 Å². The van der Waals surface area contributed by atoms with Crippen molar-refractivity contribution in [1.82, 2.24) is 4.98 Å². The quantitative estimate of drug-likeness (QED) is 0.719. The average Bonchev–Trinajstić information content (AvgIpc) is 2.65. The lowest BCUT2D eigenvalue weighted by Gasteiger charge is -2.10. The number of aromatic nitrogens is 1. The van der Waals surface area contributed by atoms with Crippen molar-refractivity contribution in [3.8, 4) is 11.3 Å². The highest BCUT2D eigenvalue weighted by Gasteiger charge is 2.50. The van der Waals surface area contributed by atoms with Crippen molar-refractivity contribution in [3.63, 3.8) is 0 Å². The summed E-state index contributed by atoms with van der Waals surface area (Å²) in [5.41, 5.74) is -4.25. The van der Waals surface area contributed by atoms with Crippen LogP contribution in [0.2, 0.25) is 0 Å². The molecule has 1 aromatic carbocycles. The smallest absolute Gasteiger partial charge is 0.347 e. The third kappa shape index (κ3) is 2.91. The van der Waals surface area contributed by atoms with Crippen molar-refractivity contribution in [2.24, 2.45) is 0 Å². The van der Waals surface area contributed by atoms with Gasteiger partial charge in [-0.1, -0.05) is 29.8 Å². The molecule has 0 unspecified atom stereocenters. The molecule has 0 radical (unpaired) electrons. The molecule has 2 aromatic rings. The zero-order valence-corrected chi connectivity index (χ0v) is 14.4. The number of halogens is 5. The molecule has 3 nitrogen and oxygen atoms in total. The number of H-pyrrole nitrogens is 1. The molecule has 0 bridgehead atoms. The summed E-state index contributed by atoms with van der Waals surface area (Å²) in [5.74, 6) is 0. The van der Waals surface area contributed by atoms with E-state index in [1.54, 1.807) is 24.3 Å². The number of hydrogen-bond acceptors (Lipinski definition) is 2. The van der Waals surface area contributed by atoms with Crippen LogP contribution in [0.1, 0.15) is 5.56 Å². The minimum absolute atomic E-state index is 0.119. The SMILES string of the molecule is Cc1ccc(-c2[nH]c(Br)c(Br)c2S(=O)(=O)C(F)(F)F)cc1. The van der Waals surface area contributed by atoms with E-state index < -0.39 is 20.2 Å². The monoisotopic (exact) mass is 445 g/mol. The van der Waals surface area contributed by atoms with E-state index in [1.165, 1.54) is 0 Å². The summed E-state index contributed by atoms with van der Waals surface area (Å²) in [6.07, 6.45) is 0. The molecule has 114 valence electrons. The number of nitrogens with one attached hydrogen (secondary N) is 1. The topological polar surface area (TPSA) is 49.9 Å². The van der Waals surface area contributed by atoms with E-state index in [0.29, 0.717) is 5.56 Å². The highest BCUT2D eigenvalue weighted by Crippen LogP contribution is 2.43. The molecule has 21 heavy (non-hydrogen) atoms. The first-order chi connectivity index (χ1) is 9.55. The van der Waals surface area contributed by atoms with Gasteiger partial charge < -0.3 is 4.98 Å². The van der Waals surface area contributed by atoms with Crippen LogP contribution in [0.3, 0.4) is 0 Å². The minimum Gasteiger partial charge on any atom is -0.347 e. The maximum absolute atomic E-state index is 12.8. The van der Waals surface area contributed by atoms with E-state index in [2.05, 4.69) is 36.8 Å². The van der Waals surface area contributed by atoms with Crippen LogP contribution >= 0.6 is 31.9 Å². The summed E-state index contributed by atoms with van der Waals surface area (Å²) in [4.78, 5) is 1.79. The molecule has 0 saturated heterocycles. The van der Waals surface area contributed by atoms with Crippen molar-refractivity contribution in [1.29, 1.82) is 0 Å². The number of aromatic amines is 1. The summed E-state index contributed by atoms with van der Waals surface area (Å²) in [7, 11) is -5.48. The highest BCUT2D eigenvalue weighted by molar-refractivity contribution is 9.13. The van der Waals surface area contributed by atoms with Crippen LogP contribution < -0.4 is 0 Å². The Bertz CT molecular complexity index is 780. The largest absolute Gasteiger partial charge is 0.502 e. The summed E-state index contributed by atoms with van der Waals surface area (Å²) >= 11 is 5.89. The van der Waals surface area contributed by atoms with Gasteiger partial charge in [-0.25, -0.2) is 8.42 Å². The Balaban J connectivity index is 2.76. The summed E-state index contributed by atoms with van der Waals surface area (Å²) in [5, 5.41) is 0. The number of hydrogen-bond donors (Lipinski definition) is 1. The van der Waals surface area contributed by atoms with E-state index in [1.807, 2.05) is 6.92 Å². The summed E-state index contributed by atoms with van der Waals surface area (Å²) in [6.45, 7) is 1.82. The second kappa shape index (κ2) is 5.44. The van der Waals surface area contributed by atoms with Gasteiger partial charge in [0.15, 0.2) is 0 Å². The molecule has 0 aliphatic carbocycles. The summed E-state index contributed by atoms with van der Waals surface area (Å²) < 4.78 is 61.9. The second-order valence-corrected chi connectivity index (χ2v) is 7.74. The number of sulfone groups is 1. The van der Waals surface area contributed by atoms with Gasteiger partial charge in [-0.15, -0.1) is 0 Å². The fourth-order valence-corrected chi connectivity index (χ4v) is 4.19. The van der Waals surface area contributed by atoms with Gasteiger partial charge in [-0.2, -0.15) is 13.2 Å². The number of alkyl halides is 3. The molecular formula is C12H8Br2F3NO2S. The van der Waals surface area contributed by atoms with Gasteiger partial charge in [0.05, 0.1) is 14.8 Å². The van der Waals surface area contributed by atoms with Crippen molar-refractivity contribution in [2.75, 3.05) is 0 Å².